The molecule has 2 aliphatic rings. The number of hydrogen-bond acceptors (Lipinski definition) is 2. The highest BCUT2D eigenvalue weighted by atomic mass is 35.5. The van der Waals surface area contributed by atoms with Crippen molar-refractivity contribution in [3.63, 3.8) is 0 Å². The van der Waals surface area contributed by atoms with E-state index < -0.39 is 0 Å². The van der Waals surface area contributed by atoms with Gasteiger partial charge in [0, 0.05) is 5.92 Å². The van der Waals surface area contributed by atoms with Crippen LogP contribution in [0.2, 0.25) is 10.0 Å². The molecule has 0 aromatic heterocycles. The summed E-state index contributed by atoms with van der Waals surface area (Å²) in [5.74, 6) is 1.61. The van der Waals surface area contributed by atoms with Crippen molar-refractivity contribution in [2.24, 2.45) is 5.92 Å². The fourth-order valence-electron chi connectivity index (χ4n) is 3.98. The zero-order valence-electron chi connectivity index (χ0n) is 14.6. The Morgan fingerprint density at radius 1 is 1.19 bits per heavy atom. The Balaban J connectivity index is 1.78. The predicted octanol–water partition coefficient (Wildman–Crippen LogP) is 6.77. The molecule has 2 aromatic carbocycles. The Kier molecular flexibility index (Phi) is 4.73. The number of nitrogens with one attached hydrogen (secondary N) is 1. The first-order valence-corrected chi connectivity index (χ1v) is 9.59. The molecule has 0 amide bonds. The van der Waals surface area contributed by atoms with E-state index in [-0.39, 0.29) is 6.04 Å². The lowest BCUT2D eigenvalue weighted by Gasteiger charge is -2.38. The van der Waals surface area contributed by atoms with Crippen molar-refractivity contribution in [3.05, 3.63) is 81.9 Å². The second kappa shape index (κ2) is 7.02. The molecule has 0 spiro atoms. The molecule has 3 unspecified atom stereocenters. The number of hydrogen-bond donors (Lipinski definition) is 1. The Hall–Kier alpha value is -1.90. The summed E-state index contributed by atoms with van der Waals surface area (Å²) in [6.45, 7) is 6.40. The van der Waals surface area contributed by atoms with Gasteiger partial charge in [0.25, 0.3) is 0 Å². The van der Waals surface area contributed by atoms with Gasteiger partial charge in [-0.2, -0.15) is 0 Å². The third kappa shape index (κ3) is 3.02. The minimum atomic E-state index is 0.0864. The van der Waals surface area contributed by atoms with Crippen LogP contribution in [0.5, 0.6) is 5.75 Å². The van der Waals surface area contributed by atoms with Crippen LogP contribution in [-0.4, -0.2) is 6.61 Å². The first-order valence-electron chi connectivity index (χ1n) is 8.83. The van der Waals surface area contributed by atoms with Crippen LogP contribution in [0.15, 0.2) is 60.7 Å². The molecule has 2 aromatic rings. The Morgan fingerprint density at radius 3 is 2.77 bits per heavy atom. The van der Waals surface area contributed by atoms with Gasteiger partial charge in [-0.05, 0) is 48.1 Å². The monoisotopic (exact) mass is 385 g/mol. The molecular weight excluding hydrogens is 365 g/mol. The number of fused-ring (bicyclic) bond motifs is 3. The van der Waals surface area contributed by atoms with E-state index in [1.165, 1.54) is 5.56 Å². The van der Waals surface area contributed by atoms with Crippen LogP contribution in [0.25, 0.3) is 0 Å². The fourth-order valence-corrected chi connectivity index (χ4v) is 4.41. The maximum atomic E-state index is 6.55. The maximum absolute atomic E-state index is 6.55. The lowest BCUT2D eigenvalue weighted by atomic mass is 9.77. The van der Waals surface area contributed by atoms with Crippen LogP contribution in [-0.2, 0) is 0 Å². The summed E-state index contributed by atoms with van der Waals surface area (Å²) in [4.78, 5) is 0. The average molecular weight is 386 g/mol. The van der Waals surface area contributed by atoms with E-state index in [0.29, 0.717) is 28.5 Å². The second-order valence-electron chi connectivity index (χ2n) is 7.08. The van der Waals surface area contributed by atoms with Gasteiger partial charge in [-0.15, -0.1) is 0 Å². The first-order chi connectivity index (χ1) is 12.6. The Labute approximate surface area is 164 Å². The van der Waals surface area contributed by atoms with Crippen LogP contribution in [0.3, 0.4) is 0 Å². The number of halogens is 2. The highest BCUT2D eigenvalue weighted by molar-refractivity contribution is 6.42. The molecule has 1 aliphatic heterocycles. The van der Waals surface area contributed by atoms with Crippen molar-refractivity contribution < 1.29 is 4.74 Å². The quantitative estimate of drug-likeness (QED) is 0.585. The van der Waals surface area contributed by atoms with E-state index in [4.69, 9.17) is 27.9 Å². The SMILES string of the molecule is C=C(C)COc1cccc2c1NC(c1cccc(Cl)c1Cl)C1CC=CC21. The van der Waals surface area contributed by atoms with Crippen LogP contribution in [0.4, 0.5) is 5.69 Å². The van der Waals surface area contributed by atoms with Crippen molar-refractivity contribution in [3.8, 4) is 5.75 Å². The summed E-state index contributed by atoms with van der Waals surface area (Å²) in [7, 11) is 0. The van der Waals surface area contributed by atoms with Crippen molar-refractivity contribution >= 4 is 28.9 Å². The van der Waals surface area contributed by atoms with E-state index in [0.717, 1.165) is 29.0 Å². The summed E-state index contributed by atoms with van der Waals surface area (Å²) in [5.41, 5.74) is 4.35. The van der Waals surface area contributed by atoms with Gasteiger partial charge in [-0.1, -0.05) is 66.2 Å². The molecule has 1 heterocycles. The molecule has 0 fully saturated rings. The zero-order chi connectivity index (χ0) is 18.3. The van der Waals surface area contributed by atoms with E-state index in [1.54, 1.807) is 0 Å². The molecule has 4 rings (SSSR count). The van der Waals surface area contributed by atoms with Crippen molar-refractivity contribution in [1.82, 2.24) is 0 Å². The molecule has 26 heavy (non-hydrogen) atoms. The minimum Gasteiger partial charge on any atom is -0.487 e. The maximum Gasteiger partial charge on any atom is 0.143 e. The normalized spacial score (nSPS) is 23.1. The van der Waals surface area contributed by atoms with Gasteiger partial charge in [0.2, 0.25) is 0 Å². The van der Waals surface area contributed by atoms with Crippen molar-refractivity contribution in [2.75, 3.05) is 11.9 Å². The smallest absolute Gasteiger partial charge is 0.143 e. The van der Waals surface area contributed by atoms with Gasteiger partial charge in [-0.25, -0.2) is 0 Å². The second-order valence-corrected chi connectivity index (χ2v) is 7.87. The number of ether oxygens (including phenoxy) is 1. The van der Waals surface area contributed by atoms with Crippen LogP contribution in [0, 0.1) is 5.92 Å². The molecule has 0 saturated carbocycles. The lowest BCUT2D eigenvalue weighted by Crippen LogP contribution is -2.29. The van der Waals surface area contributed by atoms with Crippen LogP contribution < -0.4 is 10.1 Å². The number of rotatable bonds is 4. The highest BCUT2D eigenvalue weighted by Gasteiger charge is 2.39. The Morgan fingerprint density at radius 2 is 1.96 bits per heavy atom. The highest BCUT2D eigenvalue weighted by Crippen LogP contribution is 2.53. The van der Waals surface area contributed by atoms with E-state index >= 15 is 0 Å². The Bertz CT molecular complexity index is 890. The van der Waals surface area contributed by atoms with Gasteiger partial charge in [0.1, 0.15) is 12.4 Å². The van der Waals surface area contributed by atoms with E-state index in [9.17, 15) is 0 Å². The van der Waals surface area contributed by atoms with E-state index in [1.807, 2.05) is 25.1 Å². The molecule has 3 atom stereocenters. The average Bonchev–Trinajstić information content (AvgIpc) is 3.12. The van der Waals surface area contributed by atoms with Gasteiger partial charge < -0.3 is 10.1 Å². The molecule has 0 saturated heterocycles. The summed E-state index contributed by atoms with van der Waals surface area (Å²) in [5, 5.41) is 4.92. The molecule has 4 heteroatoms. The van der Waals surface area contributed by atoms with Crippen molar-refractivity contribution in [2.45, 2.75) is 25.3 Å². The topological polar surface area (TPSA) is 21.3 Å². The molecule has 1 N–H and O–H groups in total. The standard InChI is InChI=1S/C22H21Cl2NO/c1-13(2)12-26-19-11-5-8-16-14-6-3-7-15(14)21(25-22(16)19)17-9-4-10-18(23)20(17)24/h3-6,8-11,14-15,21,25H,1,7,12H2,2H3. The van der Waals surface area contributed by atoms with Gasteiger partial charge in [0.15, 0.2) is 0 Å². The predicted molar refractivity (Wildman–Crippen MR) is 110 cm³/mol. The third-order valence-electron chi connectivity index (χ3n) is 5.15. The van der Waals surface area contributed by atoms with Crippen LogP contribution >= 0.6 is 23.2 Å². The minimum absolute atomic E-state index is 0.0864. The molecule has 2 nitrogen and oxygen atoms in total. The lowest BCUT2D eigenvalue weighted by molar-refractivity contribution is 0.348. The molecular formula is C22H21Cl2NO. The van der Waals surface area contributed by atoms with Gasteiger partial charge >= 0.3 is 0 Å². The third-order valence-corrected chi connectivity index (χ3v) is 5.98. The number of allylic oxidation sites excluding steroid dienone is 2. The number of anilines is 1. The first kappa shape index (κ1) is 17.5. The number of benzene rings is 2. The van der Waals surface area contributed by atoms with Gasteiger partial charge in [0.05, 0.1) is 21.8 Å². The summed E-state index contributed by atoms with van der Waals surface area (Å²) in [6.07, 6.45) is 5.58. The number of para-hydroxylation sites is 1. The van der Waals surface area contributed by atoms with Crippen molar-refractivity contribution in [1.29, 1.82) is 0 Å². The summed E-state index contributed by atoms with van der Waals surface area (Å²) < 4.78 is 6.01. The molecule has 0 radical (unpaired) electrons. The van der Waals surface area contributed by atoms with E-state index in [2.05, 4.69) is 42.2 Å². The molecule has 1 aliphatic carbocycles. The fraction of sp³-hybridized carbons (Fsp3) is 0.273. The summed E-state index contributed by atoms with van der Waals surface area (Å²) in [6, 6.07) is 12.2. The van der Waals surface area contributed by atoms with Crippen LogP contribution in [0.1, 0.15) is 36.4 Å². The van der Waals surface area contributed by atoms with Gasteiger partial charge in [-0.3, -0.25) is 0 Å². The molecule has 134 valence electrons. The largest absolute Gasteiger partial charge is 0.487 e. The molecule has 0 bridgehead atoms. The zero-order valence-corrected chi connectivity index (χ0v) is 16.1. The summed E-state index contributed by atoms with van der Waals surface area (Å²) >= 11 is 12.8.